The average Bonchev–Trinajstić information content (AvgIpc) is 2.92. The Bertz CT molecular complexity index is 1180. The zero-order valence-electron chi connectivity index (χ0n) is 23.3. The number of hydrogen-bond acceptors (Lipinski definition) is 8. The zero-order valence-corrected chi connectivity index (χ0v) is 24.2. The van der Waals surface area contributed by atoms with E-state index in [1.165, 1.54) is 10.3 Å². The number of hydrogen-bond donors (Lipinski definition) is 3. The largest absolute Gasteiger partial charge is 0.365 e. The van der Waals surface area contributed by atoms with E-state index in [0.717, 1.165) is 11.8 Å². The first kappa shape index (κ1) is 33.8. The number of anilines is 2. The van der Waals surface area contributed by atoms with Crippen LogP contribution < -0.4 is 16.4 Å². The highest BCUT2D eigenvalue weighted by Gasteiger charge is 2.21. The molecule has 0 bridgehead atoms. The Morgan fingerprint density at radius 3 is 2.40 bits per heavy atom. The number of piperazine rings is 1. The molecule has 1 heterocycles. The first-order valence-corrected chi connectivity index (χ1v) is 13.5. The second kappa shape index (κ2) is 18.1. The molecule has 214 valence electrons. The van der Waals surface area contributed by atoms with Gasteiger partial charge in [-0.2, -0.15) is 5.26 Å². The predicted octanol–water partition coefficient (Wildman–Crippen LogP) is 1.83. The molecule has 1 aliphatic heterocycles. The van der Waals surface area contributed by atoms with Crippen LogP contribution in [0.4, 0.5) is 11.4 Å². The van der Waals surface area contributed by atoms with E-state index in [2.05, 4.69) is 23.0 Å². The molecule has 0 aromatic heterocycles. The number of amides is 4. The van der Waals surface area contributed by atoms with Gasteiger partial charge < -0.3 is 26.2 Å². The van der Waals surface area contributed by atoms with Crippen molar-refractivity contribution in [3.8, 4) is 18.4 Å². The lowest BCUT2D eigenvalue weighted by Gasteiger charge is -2.33. The van der Waals surface area contributed by atoms with Crippen LogP contribution in [0.2, 0.25) is 0 Å². The van der Waals surface area contributed by atoms with Crippen molar-refractivity contribution in [3.05, 3.63) is 47.5 Å². The van der Waals surface area contributed by atoms with E-state index in [1.807, 2.05) is 17.9 Å². The Kier molecular flexibility index (Phi) is 15.3. The molecular weight excluding hydrogens is 530 g/mol. The summed E-state index contributed by atoms with van der Waals surface area (Å²) >= 11 is 1.01. The molecule has 1 aliphatic rings. The summed E-state index contributed by atoms with van der Waals surface area (Å²) in [7, 11) is 1.66. The van der Waals surface area contributed by atoms with Crippen molar-refractivity contribution in [2.24, 2.45) is 5.73 Å². The third-order valence-electron chi connectivity index (χ3n) is 5.66. The van der Waals surface area contributed by atoms with Crippen LogP contribution in [0.5, 0.6) is 0 Å². The number of rotatable bonds is 11. The van der Waals surface area contributed by atoms with Crippen molar-refractivity contribution >= 4 is 46.8 Å². The molecule has 12 heteroatoms. The fourth-order valence-electron chi connectivity index (χ4n) is 3.38. The number of thioether (sulfide) groups is 1. The van der Waals surface area contributed by atoms with Gasteiger partial charge in [0.15, 0.2) is 0 Å². The number of nitriles is 1. The van der Waals surface area contributed by atoms with Crippen LogP contribution in [0.25, 0.3) is 0 Å². The van der Waals surface area contributed by atoms with Crippen LogP contribution in [0.1, 0.15) is 20.8 Å². The smallest absolute Gasteiger partial charge is 0.259 e. The summed E-state index contributed by atoms with van der Waals surface area (Å²) in [5, 5.41) is 15.6. The van der Waals surface area contributed by atoms with E-state index in [1.54, 1.807) is 62.3 Å². The summed E-state index contributed by atoms with van der Waals surface area (Å²) in [5.74, 6) is 1.09. The first-order valence-electron chi connectivity index (χ1n) is 12.5. The third-order valence-corrected chi connectivity index (χ3v) is 6.69. The lowest BCUT2D eigenvalue weighted by atomic mass is 10.2. The number of nitrogens with two attached hydrogens (primary N) is 1. The molecule has 40 heavy (non-hydrogen) atoms. The van der Waals surface area contributed by atoms with Gasteiger partial charge in [0.05, 0.1) is 6.54 Å². The highest BCUT2D eigenvalue weighted by Crippen LogP contribution is 2.20. The number of carbonyl (C=O) groups excluding carboxylic acids is 4. The predicted molar refractivity (Wildman–Crippen MR) is 159 cm³/mol. The molecule has 0 saturated carbocycles. The number of nitrogens with zero attached hydrogens (tertiary/aromatic N) is 4. The van der Waals surface area contributed by atoms with E-state index in [4.69, 9.17) is 11.0 Å². The van der Waals surface area contributed by atoms with Crippen LogP contribution in [0.3, 0.4) is 0 Å². The maximum atomic E-state index is 12.7. The molecule has 4 amide bonds. The fraction of sp³-hybridized carbons (Fsp3) is 0.393. The molecule has 1 aromatic carbocycles. The SMILES string of the molecule is C#CC.CCN(C)C(=O)C(C=CNc1cccc(NC(=O)CN2CCN(C(C)=O)CC2)c1)S/C=C(/C#N)C(N)=O. The number of carbonyl (C=O) groups is 4. The van der Waals surface area contributed by atoms with Gasteiger partial charge in [-0.25, -0.2) is 0 Å². The summed E-state index contributed by atoms with van der Waals surface area (Å²) in [6, 6.07) is 8.86. The van der Waals surface area contributed by atoms with E-state index >= 15 is 0 Å². The molecular formula is C28H37N7O4S. The van der Waals surface area contributed by atoms with Gasteiger partial charge in [-0.3, -0.25) is 24.1 Å². The van der Waals surface area contributed by atoms with E-state index in [9.17, 15) is 19.2 Å². The zero-order chi connectivity index (χ0) is 30.1. The lowest BCUT2D eigenvalue weighted by Crippen LogP contribution is -2.49. The molecule has 0 radical (unpaired) electrons. The molecule has 1 unspecified atom stereocenters. The first-order chi connectivity index (χ1) is 19.1. The minimum atomic E-state index is -0.857. The quantitative estimate of drug-likeness (QED) is 0.208. The van der Waals surface area contributed by atoms with Gasteiger partial charge in [0.2, 0.25) is 17.7 Å². The highest BCUT2D eigenvalue weighted by molar-refractivity contribution is 8.03. The maximum absolute atomic E-state index is 12.7. The van der Waals surface area contributed by atoms with E-state index in [-0.39, 0.29) is 29.8 Å². The van der Waals surface area contributed by atoms with Crippen molar-refractivity contribution < 1.29 is 19.2 Å². The van der Waals surface area contributed by atoms with Crippen molar-refractivity contribution in [1.82, 2.24) is 14.7 Å². The lowest BCUT2D eigenvalue weighted by molar-refractivity contribution is -0.131. The van der Waals surface area contributed by atoms with Crippen molar-refractivity contribution in [2.45, 2.75) is 26.0 Å². The van der Waals surface area contributed by atoms with Crippen LogP contribution >= 0.6 is 11.8 Å². The van der Waals surface area contributed by atoms with Crippen LogP contribution in [-0.2, 0) is 19.2 Å². The van der Waals surface area contributed by atoms with Crippen molar-refractivity contribution in [2.75, 3.05) is 56.9 Å². The van der Waals surface area contributed by atoms with Crippen LogP contribution in [0.15, 0.2) is 47.5 Å². The summed E-state index contributed by atoms with van der Waals surface area (Å²) in [6.45, 7) is 8.29. The fourth-order valence-corrected chi connectivity index (χ4v) is 4.30. The summed E-state index contributed by atoms with van der Waals surface area (Å²) in [4.78, 5) is 53.3. The van der Waals surface area contributed by atoms with Crippen LogP contribution in [-0.4, -0.2) is 89.9 Å². The van der Waals surface area contributed by atoms with Gasteiger partial charge in [-0.05, 0) is 49.7 Å². The monoisotopic (exact) mass is 567 g/mol. The molecule has 0 spiro atoms. The second-order valence-corrected chi connectivity index (χ2v) is 9.64. The summed E-state index contributed by atoms with van der Waals surface area (Å²) in [6.07, 6.45) is 7.82. The van der Waals surface area contributed by atoms with Gasteiger partial charge in [0, 0.05) is 58.1 Å². The normalized spacial score (nSPS) is 14.2. The molecule has 1 aromatic rings. The molecule has 4 N–H and O–H groups in total. The topological polar surface area (TPSA) is 152 Å². The molecule has 1 atom stereocenters. The van der Waals surface area contributed by atoms with Crippen molar-refractivity contribution in [1.29, 1.82) is 5.26 Å². The minimum absolute atomic E-state index is 0.0446. The number of primary amides is 1. The number of terminal acetylenes is 1. The number of benzene rings is 1. The van der Waals surface area contributed by atoms with Gasteiger partial charge in [-0.15, -0.1) is 24.1 Å². The summed E-state index contributed by atoms with van der Waals surface area (Å²) in [5.41, 5.74) is 6.25. The maximum Gasteiger partial charge on any atom is 0.259 e. The second-order valence-electron chi connectivity index (χ2n) is 8.62. The summed E-state index contributed by atoms with van der Waals surface area (Å²) < 4.78 is 0. The van der Waals surface area contributed by atoms with E-state index in [0.29, 0.717) is 44.1 Å². The number of nitrogens with one attached hydrogen (secondary N) is 2. The minimum Gasteiger partial charge on any atom is -0.365 e. The standard InChI is InChI=1S/C25H33N7O4S.C3H4/c1-4-30(3)25(36)22(37-17-19(15-26)24(27)35)8-9-28-20-6-5-7-21(14-20)29-23(34)16-31-10-12-32(13-11-31)18(2)33;1-3-2/h5-9,14,17,22,28H,4,10-13,16H2,1-3H3,(H2,27,35)(H,29,34);1H,2H3/b9-8?,19-17-;. The van der Waals surface area contributed by atoms with Gasteiger partial charge in [0.1, 0.15) is 16.9 Å². The Hall–Kier alpha value is -4.26. The van der Waals surface area contributed by atoms with Gasteiger partial charge >= 0.3 is 0 Å². The molecule has 0 aliphatic carbocycles. The Balaban J connectivity index is 0.00000254. The molecule has 1 saturated heterocycles. The Labute approximate surface area is 240 Å². The van der Waals surface area contributed by atoms with Crippen LogP contribution in [0, 0.1) is 23.7 Å². The van der Waals surface area contributed by atoms with Gasteiger partial charge in [0.25, 0.3) is 5.91 Å². The Morgan fingerprint density at radius 2 is 1.85 bits per heavy atom. The Morgan fingerprint density at radius 1 is 1.23 bits per heavy atom. The van der Waals surface area contributed by atoms with Crippen molar-refractivity contribution in [3.63, 3.8) is 0 Å². The van der Waals surface area contributed by atoms with E-state index < -0.39 is 11.2 Å². The molecule has 11 nitrogen and oxygen atoms in total. The average molecular weight is 568 g/mol. The molecule has 2 rings (SSSR count). The highest BCUT2D eigenvalue weighted by atomic mass is 32.2. The third kappa shape index (κ3) is 12.1. The van der Waals surface area contributed by atoms with Gasteiger partial charge in [-0.1, -0.05) is 6.07 Å². The molecule has 1 fully saturated rings.